The Bertz CT molecular complexity index is 643. The molecule has 0 saturated heterocycles. The van der Waals surface area contributed by atoms with Gasteiger partial charge in [0.2, 0.25) is 0 Å². The quantitative estimate of drug-likeness (QED) is 0.762. The van der Waals surface area contributed by atoms with Gasteiger partial charge in [0.05, 0.1) is 16.4 Å². The van der Waals surface area contributed by atoms with Crippen LogP contribution in [0, 0.1) is 12.7 Å². The average Bonchev–Trinajstić information content (AvgIpc) is 2.37. The molecule has 2 N–H and O–H groups in total. The van der Waals surface area contributed by atoms with Gasteiger partial charge in [-0.2, -0.15) is 0 Å². The maximum atomic E-state index is 13.5. The van der Waals surface area contributed by atoms with Crippen molar-refractivity contribution >= 4 is 44.9 Å². The van der Waals surface area contributed by atoms with Gasteiger partial charge in [0.1, 0.15) is 5.82 Å². The molecule has 2 amide bonds. The van der Waals surface area contributed by atoms with Crippen molar-refractivity contribution in [2.75, 3.05) is 10.6 Å². The minimum Gasteiger partial charge on any atom is -0.307 e. The molecule has 3 nitrogen and oxygen atoms in total. The first-order valence-electron chi connectivity index (χ1n) is 5.75. The summed E-state index contributed by atoms with van der Waals surface area (Å²) in [5.74, 6) is -0.587. The van der Waals surface area contributed by atoms with E-state index in [0.29, 0.717) is 5.69 Å². The number of nitrogens with one attached hydrogen (secondary N) is 2. The fourth-order valence-electron chi connectivity index (χ4n) is 1.61. The van der Waals surface area contributed by atoms with Crippen molar-refractivity contribution in [2.24, 2.45) is 0 Å². The summed E-state index contributed by atoms with van der Waals surface area (Å²) in [5.41, 5.74) is 1.59. The minimum atomic E-state index is -0.587. The number of rotatable bonds is 2. The molecule has 0 radical (unpaired) electrons. The fourth-order valence-corrected chi connectivity index (χ4v) is 2.41. The molecule has 104 valence electrons. The van der Waals surface area contributed by atoms with Crippen molar-refractivity contribution in [1.29, 1.82) is 0 Å². The molecule has 0 fully saturated rings. The second kappa shape index (κ2) is 6.24. The van der Waals surface area contributed by atoms with Gasteiger partial charge in [0, 0.05) is 4.47 Å². The van der Waals surface area contributed by atoms with E-state index in [1.807, 2.05) is 19.1 Å². The van der Waals surface area contributed by atoms with E-state index < -0.39 is 11.8 Å². The van der Waals surface area contributed by atoms with Crippen LogP contribution < -0.4 is 10.6 Å². The molecule has 0 heterocycles. The van der Waals surface area contributed by atoms with E-state index >= 15 is 0 Å². The van der Waals surface area contributed by atoms with Gasteiger partial charge in [-0.3, -0.25) is 0 Å². The molecule has 0 bridgehead atoms. The summed E-state index contributed by atoms with van der Waals surface area (Å²) >= 11 is 9.18. The van der Waals surface area contributed by atoms with E-state index in [9.17, 15) is 9.18 Å². The molecule has 0 unspecified atom stereocenters. The molecule has 0 saturated carbocycles. The lowest BCUT2D eigenvalue weighted by Gasteiger charge is -2.11. The second-order valence-corrected chi connectivity index (χ2v) is 5.42. The molecular formula is C14H11BrClFN2O. The van der Waals surface area contributed by atoms with Crippen molar-refractivity contribution in [3.63, 3.8) is 0 Å². The number of anilines is 2. The lowest BCUT2D eigenvalue weighted by molar-refractivity contribution is 0.262. The van der Waals surface area contributed by atoms with E-state index in [4.69, 9.17) is 11.6 Å². The van der Waals surface area contributed by atoms with Crippen LogP contribution in [0.5, 0.6) is 0 Å². The first-order chi connectivity index (χ1) is 9.47. The third-order valence-corrected chi connectivity index (χ3v) is 3.55. The maximum Gasteiger partial charge on any atom is 0.323 e. The number of carbonyl (C=O) groups excluding carboxylic acids is 1. The van der Waals surface area contributed by atoms with E-state index in [0.717, 1.165) is 10.0 Å². The van der Waals surface area contributed by atoms with Gasteiger partial charge in [-0.15, -0.1) is 0 Å². The summed E-state index contributed by atoms with van der Waals surface area (Å²) in [4.78, 5) is 11.9. The molecular weight excluding hydrogens is 347 g/mol. The molecule has 0 aliphatic carbocycles. The Labute approximate surface area is 129 Å². The van der Waals surface area contributed by atoms with Crippen LogP contribution in [0.3, 0.4) is 0 Å². The number of para-hydroxylation sites is 1. The number of aryl methyl sites for hydroxylation is 1. The van der Waals surface area contributed by atoms with Crippen LogP contribution in [-0.4, -0.2) is 6.03 Å². The van der Waals surface area contributed by atoms with Crippen molar-refractivity contribution in [3.8, 4) is 0 Å². The number of urea groups is 1. The third kappa shape index (κ3) is 3.49. The van der Waals surface area contributed by atoms with Gasteiger partial charge in [-0.05, 0) is 52.7 Å². The standard InChI is InChI=1S/C14H11BrClFN2O/c1-8-5-6-12(9(15)7-8)18-14(20)19-13-10(16)3-2-4-11(13)17/h2-7H,1H3,(H2,18,19,20). The highest BCUT2D eigenvalue weighted by molar-refractivity contribution is 9.10. The highest BCUT2D eigenvalue weighted by Crippen LogP contribution is 2.26. The zero-order chi connectivity index (χ0) is 14.7. The Balaban J connectivity index is 2.13. The zero-order valence-electron chi connectivity index (χ0n) is 10.5. The highest BCUT2D eigenvalue weighted by Gasteiger charge is 2.11. The Morgan fingerprint density at radius 3 is 2.65 bits per heavy atom. The Morgan fingerprint density at radius 1 is 1.25 bits per heavy atom. The van der Waals surface area contributed by atoms with Crippen molar-refractivity contribution in [3.05, 3.63) is 57.3 Å². The van der Waals surface area contributed by atoms with Crippen LogP contribution in [0.4, 0.5) is 20.6 Å². The lowest BCUT2D eigenvalue weighted by atomic mass is 10.2. The lowest BCUT2D eigenvalue weighted by Crippen LogP contribution is -2.20. The summed E-state index contributed by atoms with van der Waals surface area (Å²) < 4.78 is 14.3. The predicted octanol–water partition coefficient (Wildman–Crippen LogP) is 5.19. The molecule has 20 heavy (non-hydrogen) atoms. The van der Waals surface area contributed by atoms with Crippen LogP contribution >= 0.6 is 27.5 Å². The first-order valence-corrected chi connectivity index (χ1v) is 6.92. The minimum absolute atomic E-state index is 0.0464. The van der Waals surface area contributed by atoms with Gasteiger partial charge in [0.15, 0.2) is 0 Å². The van der Waals surface area contributed by atoms with Crippen LogP contribution in [0.15, 0.2) is 40.9 Å². The number of amides is 2. The number of hydrogen-bond acceptors (Lipinski definition) is 1. The highest BCUT2D eigenvalue weighted by atomic mass is 79.9. The Morgan fingerprint density at radius 2 is 2.00 bits per heavy atom. The molecule has 2 aromatic carbocycles. The Kier molecular flexibility index (Phi) is 4.62. The van der Waals surface area contributed by atoms with Gasteiger partial charge < -0.3 is 10.6 Å². The monoisotopic (exact) mass is 356 g/mol. The maximum absolute atomic E-state index is 13.5. The van der Waals surface area contributed by atoms with Crippen LogP contribution in [0.2, 0.25) is 5.02 Å². The summed E-state index contributed by atoms with van der Waals surface area (Å²) in [6, 6.07) is 9.11. The van der Waals surface area contributed by atoms with Gasteiger partial charge in [-0.25, -0.2) is 9.18 Å². The van der Waals surface area contributed by atoms with E-state index in [1.54, 1.807) is 6.07 Å². The number of halogens is 3. The summed E-state index contributed by atoms with van der Waals surface area (Å²) in [6.07, 6.45) is 0. The second-order valence-electron chi connectivity index (χ2n) is 4.16. The van der Waals surface area contributed by atoms with Gasteiger partial charge in [-0.1, -0.05) is 23.7 Å². The molecule has 2 aromatic rings. The van der Waals surface area contributed by atoms with Crippen LogP contribution in [0.25, 0.3) is 0 Å². The normalized spacial score (nSPS) is 10.2. The van der Waals surface area contributed by atoms with Gasteiger partial charge >= 0.3 is 6.03 Å². The van der Waals surface area contributed by atoms with Crippen molar-refractivity contribution < 1.29 is 9.18 Å². The Hall–Kier alpha value is -1.59. The number of carbonyl (C=O) groups is 1. The third-order valence-electron chi connectivity index (χ3n) is 2.57. The SMILES string of the molecule is Cc1ccc(NC(=O)Nc2c(F)cccc2Cl)c(Br)c1. The van der Waals surface area contributed by atoms with Crippen LogP contribution in [-0.2, 0) is 0 Å². The van der Waals surface area contributed by atoms with Gasteiger partial charge in [0.25, 0.3) is 0 Å². The molecule has 0 spiro atoms. The van der Waals surface area contributed by atoms with E-state index in [1.165, 1.54) is 18.2 Å². The molecule has 0 atom stereocenters. The first kappa shape index (κ1) is 14.8. The van der Waals surface area contributed by atoms with E-state index in [2.05, 4.69) is 26.6 Å². The molecule has 2 rings (SSSR count). The molecule has 0 aromatic heterocycles. The number of benzene rings is 2. The summed E-state index contributed by atoms with van der Waals surface area (Å²) in [6.45, 7) is 1.94. The smallest absolute Gasteiger partial charge is 0.307 e. The topological polar surface area (TPSA) is 41.1 Å². The van der Waals surface area contributed by atoms with Crippen molar-refractivity contribution in [2.45, 2.75) is 6.92 Å². The van der Waals surface area contributed by atoms with E-state index in [-0.39, 0.29) is 10.7 Å². The molecule has 0 aliphatic heterocycles. The molecule has 6 heteroatoms. The molecule has 0 aliphatic rings. The summed E-state index contributed by atoms with van der Waals surface area (Å²) in [7, 11) is 0. The number of hydrogen-bond donors (Lipinski definition) is 2. The average molecular weight is 358 g/mol. The summed E-state index contributed by atoms with van der Waals surface area (Å²) in [5, 5.41) is 5.15. The fraction of sp³-hybridized carbons (Fsp3) is 0.0714. The van der Waals surface area contributed by atoms with Crippen molar-refractivity contribution in [1.82, 2.24) is 0 Å². The zero-order valence-corrected chi connectivity index (χ0v) is 12.8. The largest absolute Gasteiger partial charge is 0.323 e. The predicted molar refractivity (Wildman–Crippen MR) is 82.9 cm³/mol. The van der Waals surface area contributed by atoms with Crippen LogP contribution in [0.1, 0.15) is 5.56 Å².